The monoisotopic (exact) mass is 340 g/mol. The minimum atomic E-state index is -0.538. The zero-order valence-electron chi connectivity index (χ0n) is 13.7. The van der Waals surface area contributed by atoms with E-state index in [1.54, 1.807) is 48.5 Å². The van der Waals surface area contributed by atoms with E-state index in [1.807, 2.05) is 0 Å². The summed E-state index contributed by atoms with van der Waals surface area (Å²) in [5.41, 5.74) is 6.59. The van der Waals surface area contributed by atoms with Gasteiger partial charge in [0.15, 0.2) is 0 Å². The minimum absolute atomic E-state index is 0.153. The first-order chi connectivity index (χ1) is 12.1. The largest absolute Gasteiger partial charge is 0.491 e. The second-order valence-corrected chi connectivity index (χ2v) is 5.87. The van der Waals surface area contributed by atoms with E-state index in [-0.39, 0.29) is 12.0 Å². The Kier molecular flexibility index (Phi) is 5.30. The fourth-order valence-corrected chi connectivity index (χ4v) is 2.62. The van der Waals surface area contributed by atoms with Gasteiger partial charge >= 0.3 is 0 Å². The lowest BCUT2D eigenvalue weighted by atomic mass is 10.1. The van der Waals surface area contributed by atoms with E-state index in [0.717, 1.165) is 19.4 Å². The predicted octanol–water partition coefficient (Wildman–Crippen LogP) is 2.60. The molecule has 1 atom stereocenters. The van der Waals surface area contributed by atoms with Crippen molar-refractivity contribution in [3.63, 3.8) is 0 Å². The summed E-state index contributed by atoms with van der Waals surface area (Å²) in [6.07, 6.45) is 2.25. The summed E-state index contributed by atoms with van der Waals surface area (Å²) in [4.78, 5) is 23.5. The van der Waals surface area contributed by atoms with Gasteiger partial charge in [0.05, 0.1) is 6.10 Å². The maximum atomic E-state index is 12.3. The summed E-state index contributed by atoms with van der Waals surface area (Å²) in [6.45, 7) is 1.32. The molecule has 1 unspecified atom stereocenters. The molecule has 6 nitrogen and oxygen atoms in total. The van der Waals surface area contributed by atoms with Crippen LogP contribution in [0, 0.1) is 0 Å². The van der Waals surface area contributed by atoms with E-state index in [0.29, 0.717) is 29.2 Å². The van der Waals surface area contributed by atoms with Crippen molar-refractivity contribution in [3.8, 4) is 5.75 Å². The Hall–Kier alpha value is -2.86. The first kappa shape index (κ1) is 17.0. The number of hydrogen-bond acceptors (Lipinski definition) is 4. The van der Waals surface area contributed by atoms with Crippen molar-refractivity contribution in [1.82, 2.24) is 0 Å². The highest BCUT2D eigenvalue weighted by molar-refractivity contribution is 6.05. The Morgan fingerprint density at radius 3 is 2.64 bits per heavy atom. The van der Waals surface area contributed by atoms with Crippen LogP contribution in [-0.2, 0) is 4.74 Å². The molecular weight excluding hydrogens is 320 g/mol. The number of benzene rings is 2. The Bertz CT molecular complexity index is 752. The minimum Gasteiger partial charge on any atom is -0.491 e. The molecule has 0 radical (unpaired) electrons. The van der Waals surface area contributed by atoms with Crippen LogP contribution in [0.2, 0.25) is 0 Å². The van der Waals surface area contributed by atoms with Gasteiger partial charge < -0.3 is 20.5 Å². The highest BCUT2D eigenvalue weighted by Gasteiger charge is 2.16. The van der Waals surface area contributed by atoms with Crippen LogP contribution in [0.15, 0.2) is 48.5 Å². The summed E-state index contributed by atoms with van der Waals surface area (Å²) in [7, 11) is 0. The van der Waals surface area contributed by atoms with E-state index in [4.69, 9.17) is 15.2 Å². The smallest absolute Gasteiger partial charge is 0.255 e. The van der Waals surface area contributed by atoms with Gasteiger partial charge in [0.1, 0.15) is 12.4 Å². The molecule has 6 heteroatoms. The fourth-order valence-electron chi connectivity index (χ4n) is 2.62. The predicted molar refractivity (Wildman–Crippen MR) is 93.8 cm³/mol. The number of ether oxygens (including phenoxy) is 2. The van der Waals surface area contributed by atoms with Crippen LogP contribution in [0.4, 0.5) is 5.69 Å². The van der Waals surface area contributed by atoms with Crippen molar-refractivity contribution in [1.29, 1.82) is 0 Å². The molecular formula is C19H20N2O4. The van der Waals surface area contributed by atoms with Gasteiger partial charge in [0.2, 0.25) is 5.91 Å². The number of amides is 2. The highest BCUT2D eigenvalue weighted by atomic mass is 16.5. The first-order valence-electron chi connectivity index (χ1n) is 8.17. The number of nitrogens with two attached hydrogens (primary N) is 1. The number of rotatable bonds is 6. The summed E-state index contributed by atoms with van der Waals surface area (Å²) in [5, 5.41) is 2.74. The lowest BCUT2D eigenvalue weighted by Crippen LogP contribution is -2.16. The highest BCUT2D eigenvalue weighted by Crippen LogP contribution is 2.18. The number of carbonyl (C=O) groups is 2. The number of anilines is 1. The quantitative estimate of drug-likeness (QED) is 0.846. The molecule has 0 aliphatic carbocycles. The zero-order chi connectivity index (χ0) is 17.6. The summed E-state index contributed by atoms with van der Waals surface area (Å²) >= 11 is 0. The Morgan fingerprint density at radius 2 is 1.96 bits per heavy atom. The number of hydrogen-bond donors (Lipinski definition) is 2. The van der Waals surface area contributed by atoms with Crippen molar-refractivity contribution >= 4 is 17.5 Å². The molecule has 130 valence electrons. The normalized spacial score (nSPS) is 16.4. The van der Waals surface area contributed by atoms with Crippen molar-refractivity contribution in [2.75, 3.05) is 18.5 Å². The molecule has 0 saturated carbocycles. The van der Waals surface area contributed by atoms with E-state index in [1.165, 1.54) is 0 Å². The van der Waals surface area contributed by atoms with Crippen molar-refractivity contribution in [3.05, 3.63) is 59.7 Å². The summed E-state index contributed by atoms with van der Waals surface area (Å²) in [5.74, 6) is -0.112. The van der Waals surface area contributed by atoms with Gasteiger partial charge in [-0.15, -0.1) is 0 Å². The SMILES string of the molecule is NC(=O)c1cccc(NC(=O)c2ccc(OCC3CCCO3)cc2)c1. The fraction of sp³-hybridized carbons (Fsp3) is 0.263. The molecule has 2 aromatic rings. The molecule has 1 aliphatic heterocycles. The van der Waals surface area contributed by atoms with Crippen LogP contribution in [0.25, 0.3) is 0 Å². The van der Waals surface area contributed by atoms with E-state index in [9.17, 15) is 9.59 Å². The zero-order valence-corrected chi connectivity index (χ0v) is 13.7. The van der Waals surface area contributed by atoms with Gasteiger partial charge in [0.25, 0.3) is 5.91 Å². The number of carbonyl (C=O) groups excluding carboxylic acids is 2. The van der Waals surface area contributed by atoms with Gasteiger partial charge in [-0.05, 0) is 55.3 Å². The van der Waals surface area contributed by atoms with Crippen LogP contribution in [0.1, 0.15) is 33.6 Å². The third-order valence-corrected chi connectivity index (χ3v) is 3.98. The topological polar surface area (TPSA) is 90.7 Å². The maximum Gasteiger partial charge on any atom is 0.255 e. The second kappa shape index (κ2) is 7.81. The van der Waals surface area contributed by atoms with E-state index < -0.39 is 5.91 Å². The Morgan fingerprint density at radius 1 is 1.16 bits per heavy atom. The molecule has 25 heavy (non-hydrogen) atoms. The summed E-state index contributed by atoms with van der Waals surface area (Å²) < 4.78 is 11.2. The first-order valence-corrected chi connectivity index (χ1v) is 8.17. The van der Waals surface area contributed by atoms with Crippen LogP contribution in [0.5, 0.6) is 5.75 Å². The van der Waals surface area contributed by atoms with E-state index in [2.05, 4.69) is 5.32 Å². The molecule has 0 aromatic heterocycles. The molecule has 1 saturated heterocycles. The third kappa shape index (κ3) is 4.58. The second-order valence-electron chi connectivity index (χ2n) is 5.87. The van der Waals surface area contributed by atoms with Gasteiger partial charge in [0, 0.05) is 23.4 Å². The molecule has 3 N–H and O–H groups in total. The van der Waals surface area contributed by atoms with Crippen LogP contribution < -0.4 is 15.8 Å². The van der Waals surface area contributed by atoms with Gasteiger partial charge in [-0.1, -0.05) is 6.07 Å². The average Bonchev–Trinajstić information content (AvgIpc) is 3.14. The molecule has 3 rings (SSSR count). The van der Waals surface area contributed by atoms with Crippen LogP contribution in [0.3, 0.4) is 0 Å². The standard InChI is InChI=1S/C19H20N2O4/c20-18(22)14-3-1-4-15(11-14)21-19(23)13-6-8-16(9-7-13)25-12-17-5-2-10-24-17/h1,3-4,6-9,11,17H,2,5,10,12H2,(H2,20,22)(H,21,23). The Balaban J connectivity index is 1.58. The molecule has 2 aromatic carbocycles. The lowest BCUT2D eigenvalue weighted by molar-refractivity contribution is 0.0679. The average molecular weight is 340 g/mol. The third-order valence-electron chi connectivity index (χ3n) is 3.98. The van der Waals surface area contributed by atoms with E-state index >= 15 is 0 Å². The van der Waals surface area contributed by atoms with Crippen LogP contribution in [-0.4, -0.2) is 31.1 Å². The molecule has 1 heterocycles. The Labute approximate surface area is 145 Å². The summed E-state index contributed by atoms with van der Waals surface area (Å²) in [6, 6.07) is 13.4. The molecule has 1 aliphatic rings. The molecule has 0 bridgehead atoms. The van der Waals surface area contributed by atoms with Crippen molar-refractivity contribution in [2.24, 2.45) is 5.73 Å². The van der Waals surface area contributed by atoms with Gasteiger partial charge in [-0.3, -0.25) is 9.59 Å². The van der Waals surface area contributed by atoms with Gasteiger partial charge in [-0.25, -0.2) is 0 Å². The molecule has 2 amide bonds. The lowest BCUT2D eigenvalue weighted by Gasteiger charge is -2.12. The number of nitrogens with one attached hydrogen (secondary N) is 1. The maximum absolute atomic E-state index is 12.3. The van der Waals surface area contributed by atoms with Crippen molar-refractivity contribution < 1.29 is 19.1 Å². The molecule has 0 spiro atoms. The van der Waals surface area contributed by atoms with Gasteiger partial charge in [-0.2, -0.15) is 0 Å². The van der Waals surface area contributed by atoms with Crippen molar-refractivity contribution in [2.45, 2.75) is 18.9 Å². The van der Waals surface area contributed by atoms with Crippen LogP contribution >= 0.6 is 0 Å². The molecule has 1 fully saturated rings. The number of primary amides is 1.